The van der Waals surface area contributed by atoms with Gasteiger partial charge in [-0.15, -0.1) is 0 Å². The van der Waals surface area contributed by atoms with Crippen LogP contribution in [0, 0.1) is 90.1 Å². The van der Waals surface area contributed by atoms with Crippen molar-refractivity contribution < 1.29 is 67.4 Å². The molecule has 51 heteroatoms. The number of hydrogen-bond donors (Lipinski definition) is 38. The molecule has 0 saturated carbocycles. The van der Waals surface area contributed by atoms with E-state index in [0.29, 0.717) is 6.42 Å². The number of benzene rings is 1. The number of aliphatic hydroxyl groups excluding tert-OH is 1. The maximum absolute atomic E-state index is 15.3. The van der Waals surface area contributed by atoms with Gasteiger partial charge in [0.15, 0.2) is 88.3 Å². The molecule has 756 valence electrons. The van der Waals surface area contributed by atoms with Crippen molar-refractivity contribution in [3.8, 4) is 0 Å². The Hall–Kier alpha value is -13.2. The van der Waals surface area contributed by atoms with Crippen LogP contribution in [0.15, 0.2) is 30.5 Å². The van der Waals surface area contributed by atoms with E-state index < -0.39 is 228 Å². The van der Waals surface area contributed by atoms with E-state index in [2.05, 4.69) is 103 Å². The summed E-state index contributed by atoms with van der Waals surface area (Å²) in [6, 6.07) is -1.70. The Morgan fingerprint density at radius 2 is 0.563 bits per heavy atom. The summed E-state index contributed by atoms with van der Waals surface area (Å²) in [5, 5.41) is 125. The zero-order chi connectivity index (χ0) is 101. The van der Waals surface area contributed by atoms with Gasteiger partial charge in [0.25, 0.3) is 0 Å². The van der Waals surface area contributed by atoms with E-state index >= 15 is 24.0 Å². The second kappa shape index (κ2) is 65.4. The highest BCUT2D eigenvalue weighted by Crippen LogP contribution is 2.27. The highest BCUT2D eigenvalue weighted by Gasteiger charge is 2.39. The number of fused-ring (bicyclic) bond motifs is 1. The van der Waals surface area contributed by atoms with E-state index in [1.807, 2.05) is 38.1 Å². The first-order valence-corrected chi connectivity index (χ1v) is 46.0. The number of amides is 7. The molecule has 13 atom stereocenters. The molecule has 0 fully saturated rings. The van der Waals surface area contributed by atoms with E-state index in [1.165, 1.54) is 0 Å². The lowest BCUT2D eigenvalue weighted by Crippen LogP contribution is -2.50. The van der Waals surface area contributed by atoms with Crippen LogP contribution in [0.4, 0.5) is 0 Å². The van der Waals surface area contributed by atoms with Crippen LogP contribution in [0.5, 0.6) is 0 Å². The molecule has 1 aromatic carbocycles. The van der Waals surface area contributed by atoms with Crippen LogP contribution in [-0.2, 0) is 68.7 Å². The fourth-order valence-electron chi connectivity index (χ4n) is 15.0. The van der Waals surface area contributed by atoms with Crippen LogP contribution in [0.1, 0.15) is 180 Å². The van der Waals surface area contributed by atoms with Gasteiger partial charge in [0.2, 0.25) is 41.4 Å². The predicted octanol–water partition coefficient (Wildman–Crippen LogP) is -5.52. The highest BCUT2D eigenvalue weighted by molar-refractivity contribution is 7.80. The number of rotatable bonds is 74. The normalized spacial score (nSPS) is 13.9. The van der Waals surface area contributed by atoms with Gasteiger partial charge in [0, 0.05) is 150 Å². The van der Waals surface area contributed by atoms with Gasteiger partial charge in [-0.2, -0.15) is 12.6 Å². The Kier molecular flexibility index (Phi) is 57.1. The fraction of sp³-hybridized carbons (Fsp3) is 0.643. The molecule has 47 N–H and O–H groups in total. The van der Waals surface area contributed by atoms with Crippen LogP contribution in [0.25, 0.3) is 10.9 Å². The lowest BCUT2D eigenvalue weighted by atomic mass is 9.88. The number of para-hydroxylation sites is 1. The van der Waals surface area contributed by atoms with Crippen molar-refractivity contribution in [3.05, 3.63) is 36.0 Å². The molecule has 0 aliphatic carbocycles. The topological polar surface area (TPSA) is 925 Å². The van der Waals surface area contributed by atoms with Crippen LogP contribution in [0.3, 0.4) is 0 Å². The van der Waals surface area contributed by atoms with Gasteiger partial charge in [-0.3, -0.25) is 111 Å². The second-order valence-electron chi connectivity index (χ2n) is 33.7. The Balaban J connectivity index is 2.85. The van der Waals surface area contributed by atoms with E-state index in [-0.39, 0.29) is 217 Å². The molecular weight excluding hydrogens is 1770 g/mol. The summed E-state index contributed by atoms with van der Waals surface area (Å²) >= 11 is 4.13. The first-order valence-electron chi connectivity index (χ1n) is 45.3. The van der Waals surface area contributed by atoms with Gasteiger partial charge in [0.05, 0.1) is 48.8 Å². The van der Waals surface area contributed by atoms with Gasteiger partial charge in [-0.1, -0.05) is 32.0 Å². The van der Waals surface area contributed by atoms with Crippen LogP contribution >= 0.6 is 12.6 Å². The summed E-state index contributed by atoms with van der Waals surface area (Å²) in [5.41, 5.74) is 57.4. The molecule has 0 aliphatic rings. The molecule has 0 bridgehead atoms. The number of carbonyl (C=O) groups is 13. The monoisotopic (exact) mass is 1920 g/mol. The number of aliphatic hydroxyl groups is 1. The number of nitrogens with two attached hydrogens (primary N) is 10. The number of nitrogens with one attached hydrogen (secondary N) is 26. The summed E-state index contributed by atoms with van der Waals surface area (Å²) in [5.74, 6) is -21.6. The SMILES string of the molecule is CN[C@@H](CC(C)C)C(=O)C[C@@H](Cc1c[nH]c2ccccc12)C(=O)N[C@@H](CCCNC(=N)N)C(=O)C[C@@H](CO)C(=O)N[C@H](CCCNC(=N)N)C(=O)C[C@H](CCCNC(=N)N)C(=O)N[C@H](CCCNC(=N)N)C(=O)C[C@H](CCCNC(=N)N)C(=O)N[C@H](CCCNC(=N)N)C(=O)C[C@H](CCCNC(=N)N)C(=O)N[C@H](CCCNC(=N)N)C(=O)C[C@H](CCCNC(=N)N)C(=O)N[C@H](CS)C(N)=O. The number of ketones is 6. The number of hydrogen-bond acceptors (Lipinski definition) is 25. The van der Waals surface area contributed by atoms with Crippen LogP contribution in [-0.4, -0.2) is 260 Å². The number of guanidine groups is 9. The average molecular weight is 1920 g/mol. The molecule has 7 amide bonds. The summed E-state index contributed by atoms with van der Waals surface area (Å²) in [7, 11) is 1.65. The van der Waals surface area contributed by atoms with Gasteiger partial charge < -0.3 is 152 Å². The zero-order valence-electron chi connectivity index (χ0n) is 77.6. The van der Waals surface area contributed by atoms with Crippen molar-refractivity contribution in [3.63, 3.8) is 0 Å². The maximum Gasteiger partial charge on any atom is 0.240 e. The van der Waals surface area contributed by atoms with E-state index in [0.717, 1.165) is 16.5 Å². The minimum absolute atomic E-state index is 0.00487. The average Bonchev–Trinajstić information content (AvgIpc) is 1.70. The van der Waals surface area contributed by atoms with Crippen molar-refractivity contribution >= 4 is 153 Å². The number of Topliss-reactive ketones (excluding diaryl/α,β-unsaturated/α-hetero) is 6. The first-order chi connectivity index (χ1) is 63.9. The van der Waals surface area contributed by atoms with Crippen molar-refractivity contribution in [2.45, 2.75) is 223 Å². The Labute approximate surface area is 791 Å². The predicted molar refractivity (Wildman–Crippen MR) is 517 cm³/mol. The van der Waals surface area contributed by atoms with Crippen molar-refractivity contribution in [1.82, 2.24) is 90.1 Å². The largest absolute Gasteiger partial charge is 0.396 e. The molecule has 2 rings (SSSR count). The minimum atomic E-state index is -1.59. The number of aromatic nitrogens is 1. The van der Waals surface area contributed by atoms with Gasteiger partial charge >= 0.3 is 0 Å². The zero-order valence-corrected chi connectivity index (χ0v) is 78.5. The van der Waals surface area contributed by atoms with Crippen molar-refractivity contribution in [2.75, 3.05) is 78.3 Å². The quantitative estimate of drug-likeness (QED) is 0.0127. The molecule has 0 unspecified atom stereocenters. The number of likely N-dealkylation sites (N-methyl/N-ethyl adjacent to an activating group) is 1. The van der Waals surface area contributed by atoms with Crippen molar-refractivity contribution in [1.29, 1.82) is 48.7 Å². The van der Waals surface area contributed by atoms with Gasteiger partial charge in [-0.05, 0) is 153 Å². The number of thiol groups is 1. The summed E-state index contributed by atoms with van der Waals surface area (Å²) in [6.07, 6.45) is -1.72. The Bertz CT molecular complexity index is 4290. The van der Waals surface area contributed by atoms with Crippen LogP contribution in [0.2, 0.25) is 0 Å². The third-order valence-electron chi connectivity index (χ3n) is 22.2. The summed E-state index contributed by atoms with van der Waals surface area (Å²) in [6.45, 7) is 3.06. The third kappa shape index (κ3) is 50.4. The van der Waals surface area contributed by atoms with E-state index in [9.17, 15) is 43.5 Å². The highest BCUT2D eigenvalue weighted by atomic mass is 32.1. The van der Waals surface area contributed by atoms with E-state index in [4.69, 9.17) is 106 Å². The molecule has 0 radical (unpaired) electrons. The standard InChI is InChI=1S/C84H150N36O14S/c1-46(2)35-61(104-3)68(127)41-51(36-52-43-114-55-20-5-4-19-54(52)55)74(133)118-60(25-14-34-113-84(102)103)67(126)42-53(44-121)75(134)119-59(24-13-33-112-83(100)101)66(125)39-49(17-8-28-107-78(90)91)72(131)116-57(22-11-31-110-81(96)97)64(123)37-47(15-6-26-105-76(86)87)70(129)115-56(21-10-30-109-80(94)95)63(122)38-48(16-7-27-106-77(88)89)71(130)117-58(23-12-32-111-82(98)99)65(124)40-50(18-9-29-108-79(92)93)73(132)120-62(45-135)69(85)128/h4-5,19-20,43,46-51,53,56-62,104,114,121,135H,6-18,21-42,44-45H2,1-3H3,(H2,85,128)(H,115,129)(H,116,131)(H,117,130)(H,118,133)(H,119,134)(H,120,132)(H4,86,87,105)(H4,88,89,106)(H4,90,91,107)(H4,92,93,108)(H4,94,95,109)(H4,96,97,110)(H4,98,99,111)(H4,100,101,112)(H4,102,103,113)/t47-,48-,49-,50-,51+,53-,56+,57+,58+,59+,60-,61-,62+/m0/s1. The van der Waals surface area contributed by atoms with Gasteiger partial charge in [-0.25, -0.2) is 0 Å². The second-order valence-corrected chi connectivity index (χ2v) is 34.1. The number of aromatic amines is 1. The molecule has 1 heterocycles. The maximum atomic E-state index is 15.3. The van der Waals surface area contributed by atoms with E-state index in [1.54, 1.807) is 13.2 Å². The summed E-state index contributed by atoms with van der Waals surface area (Å²) < 4.78 is 0. The summed E-state index contributed by atoms with van der Waals surface area (Å²) in [4.78, 5) is 193. The number of primary amides is 1. The molecule has 0 spiro atoms. The molecule has 135 heavy (non-hydrogen) atoms. The smallest absolute Gasteiger partial charge is 0.240 e. The minimum Gasteiger partial charge on any atom is -0.396 e. The van der Waals surface area contributed by atoms with Gasteiger partial charge in [0.1, 0.15) is 6.04 Å². The molecule has 0 saturated heterocycles. The molecular formula is C84H150N36O14S. The Morgan fingerprint density at radius 3 is 0.807 bits per heavy atom. The lowest BCUT2D eigenvalue weighted by Gasteiger charge is -2.27. The molecule has 1 aromatic heterocycles. The first kappa shape index (κ1) is 118. The lowest BCUT2D eigenvalue weighted by molar-refractivity contribution is -0.137. The van der Waals surface area contributed by atoms with Crippen molar-refractivity contribution in [2.24, 2.45) is 98.8 Å². The Morgan fingerprint density at radius 1 is 0.333 bits per heavy atom. The number of H-pyrrole nitrogens is 1. The molecule has 50 nitrogen and oxygen atoms in total. The van der Waals surface area contributed by atoms with Crippen LogP contribution < -0.4 is 142 Å². The number of carbonyl (C=O) groups excluding carboxylic acids is 13. The molecule has 0 aliphatic heterocycles. The fourth-order valence-corrected chi connectivity index (χ4v) is 15.3. The molecule has 2 aromatic rings. The third-order valence-corrected chi connectivity index (χ3v) is 22.6.